The van der Waals surface area contributed by atoms with E-state index in [1.54, 1.807) is 26.8 Å². The van der Waals surface area contributed by atoms with E-state index < -0.39 is 89.0 Å². The first-order valence-electron chi connectivity index (χ1n) is 21.2. The van der Waals surface area contributed by atoms with E-state index in [0.29, 0.717) is 23.6 Å². The van der Waals surface area contributed by atoms with Crippen LogP contribution in [0.4, 0.5) is 10.2 Å². The maximum absolute atomic E-state index is 16.9. The number of pyridine rings is 1. The fraction of sp³-hybridized carbons (Fsp3) is 0.682. The lowest BCUT2D eigenvalue weighted by Gasteiger charge is -2.47. The van der Waals surface area contributed by atoms with Crippen LogP contribution in [-0.2, 0) is 49.5 Å². The molecule has 2 aromatic rings. The number of aromatic nitrogens is 1. The standard InChI is InChI=1S/C44H64FN5O11S/c1-12-33-44(9,55)39-25(4)35(47-27(6)51)23(2)19-42(7,57-21-28(20-56-39)49-58-22-29-16-17-32(62-29)30-14-13-15-34(46)48-30)38(26(5)37(53)43(8,45)41(54)60-33)61-40-36(52)31(50(10)11)18-24(3)59-40/h13-17,23-26,31,33,36,38-40,52,55H,12,18-22H2,1-11H3,(H2,46,48)/b47-35?,49-28+/t23-,24-,25+,26+,31+,33-,36-,38-,39+,40+,42-,43+,44-/m1/s1. The largest absolute Gasteiger partial charge is 0.457 e. The number of fused-ring (bicyclic) bond motifs is 5. The van der Waals surface area contributed by atoms with Gasteiger partial charge in [0, 0.05) is 35.4 Å². The van der Waals surface area contributed by atoms with Crippen LogP contribution in [0.2, 0.25) is 0 Å². The molecule has 0 aliphatic carbocycles. The van der Waals surface area contributed by atoms with Crippen molar-refractivity contribution in [1.29, 1.82) is 0 Å². The van der Waals surface area contributed by atoms with E-state index in [0.717, 1.165) is 16.7 Å². The molecule has 5 heterocycles. The number of anilines is 1. The quantitative estimate of drug-likeness (QED) is 0.182. The van der Waals surface area contributed by atoms with E-state index in [9.17, 15) is 24.6 Å². The number of hydrogen-bond donors (Lipinski definition) is 3. The van der Waals surface area contributed by atoms with Gasteiger partial charge in [0.25, 0.3) is 5.67 Å². The molecule has 1 amide bonds. The zero-order chi connectivity index (χ0) is 45.9. The van der Waals surface area contributed by atoms with Crippen LogP contribution in [0.5, 0.6) is 0 Å². The highest BCUT2D eigenvalue weighted by Crippen LogP contribution is 2.41. The Balaban J connectivity index is 1.66. The first-order valence-corrected chi connectivity index (χ1v) is 22.0. The number of halogens is 1. The number of aliphatic imine (C=N–C) groups is 1. The summed E-state index contributed by atoms with van der Waals surface area (Å²) in [6.45, 7) is 13.1. The predicted molar refractivity (Wildman–Crippen MR) is 231 cm³/mol. The lowest BCUT2D eigenvalue weighted by Crippen LogP contribution is -2.61. The summed E-state index contributed by atoms with van der Waals surface area (Å²) in [5, 5.41) is 28.5. The van der Waals surface area contributed by atoms with Crippen molar-refractivity contribution in [1.82, 2.24) is 9.88 Å². The Morgan fingerprint density at radius 1 is 1.10 bits per heavy atom. The van der Waals surface area contributed by atoms with Crippen LogP contribution in [0.1, 0.15) is 86.5 Å². The molecule has 344 valence electrons. The Morgan fingerprint density at radius 2 is 1.81 bits per heavy atom. The average Bonchev–Trinajstić information content (AvgIpc) is 3.67. The maximum atomic E-state index is 16.9. The van der Waals surface area contributed by atoms with Crippen LogP contribution in [0.3, 0.4) is 0 Å². The summed E-state index contributed by atoms with van der Waals surface area (Å²) in [7, 11) is 3.63. The van der Waals surface area contributed by atoms with Crippen molar-refractivity contribution < 1.29 is 57.5 Å². The number of rotatable bonds is 8. The highest BCUT2D eigenvalue weighted by Gasteiger charge is 2.56. The van der Waals surface area contributed by atoms with E-state index in [2.05, 4.69) is 15.1 Å². The number of thiophene rings is 1. The van der Waals surface area contributed by atoms with Gasteiger partial charge in [-0.25, -0.2) is 19.2 Å². The number of cyclic esters (lactones) is 1. The molecular formula is C44H64FN5O11S. The van der Waals surface area contributed by atoms with Gasteiger partial charge in [-0.3, -0.25) is 9.59 Å². The molecule has 13 atom stereocenters. The molecule has 62 heavy (non-hydrogen) atoms. The van der Waals surface area contributed by atoms with Gasteiger partial charge < -0.3 is 49.4 Å². The van der Waals surface area contributed by atoms with Crippen molar-refractivity contribution in [2.24, 2.45) is 27.9 Å². The topological polar surface area (TPSA) is 214 Å². The van der Waals surface area contributed by atoms with Gasteiger partial charge in [0.05, 0.1) is 47.7 Å². The molecule has 5 rings (SSSR count). The molecule has 3 saturated heterocycles. The fourth-order valence-electron chi connectivity index (χ4n) is 8.98. The Hall–Kier alpha value is -3.75. The van der Waals surface area contributed by atoms with Crippen LogP contribution in [0.15, 0.2) is 40.5 Å². The number of carbonyl (C=O) groups is 3. The number of Topliss-reactive ketones (excluding diaryl/α,β-unsaturated/α-hetero) is 1. The van der Waals surface area contributed by atoms with E-state index >= 15 is 4.39 Å². The van der Waals surface area contributed by atoms with Crippen molar-refractivity contribution in [3.8, 4) is 10.6 Å². The third-order valence-corrected chi connectivity index (χ3v) is 13.3. The smallest absolute Gasteiger partial charge is 0.351 e. The maximum Gasteiger partial charge on any atom is 0.351 e. The molecule has 0 spiro atoms. The predicted octanol–water partition coefficient (Wildman–Crippen LogP) is 4.92. The van der Waals surface area contributed by atoms with Crippen LogP contribution >= 0.6 is 11.3 Å². The van der Waals surface area contributed by atoms with Gasteiger partial charge in [-0.2, -0.15) is 0 Å². The molecule has 3 aliphatic heterocycles. The molecule has 2 aromatic heterocycles. The second kappa shape index (κ2) is 20.0. The number of ether oxygens (including phenoxy) is 5. The monoisotopic (exact) mass is 889 g/mol. The van der Waals surface area contributed by atoms with E-state index in [-0.39, 0.29) is 44.5 Å². The summed E-state index contributed by atoms with van der Waals surface area (Å²) in [5.74, 6) is -5.71. The molecule has 0 saturated carbocycles. The van der Waals surface area contributed by atoms with Crippen molar-refractivity contribution in [2.75, 3.05) is 33.0 Å². The summed E-state index contributed by atoms with van der Waals surface area (Å²) in [6, 6.07) is 8.76. The highest BCUT2D eigenvalue weighted by molar-refractivity contribution is 7.15. The van der Waals surface area contributed by atoms with Gasteiger partial charge in [0.15, 0.2) is 18.7 Å². The van der Waals surface area contributed by atoms with Crippen LogP contribution in [0, 0.1) is 17.8 Å². The van der Waals surface area contributed by atoms with E-state index in [4.69, 9.17) is 34.3 Å². The summed E-state index contributed by atoms with van der Waals surface area (Å²) in [6.07, 6.45) is -6.49. The number of nitrogens with two attached hydrogens (primary N) is 1. The molecule has 0 unspecified atom stereocenters. The number of amides is 1. The molecular weight excluding hydrogens is 826 g/mol. The summed E-state index contributed by atoms with van der Waals surface area (Å²) < 4.78 is 48.8. The van der Waals surface area contributed by atoms with Crippen LogP contribution in [-0.4, -0.2) is 136 Å². The molecule has 16 nitrogen and oxygen atoms in total. The zero-order valence-corrected chi connectivity index (χ0v) is 38.4. The third-order valence-electron chi connectivity index (χ3n) is 12.2. The minimum absolute atomic E-state index is 0.00484. The Bertz CT molecular complexity index is 1970. The number of carbonyl (C=O) groups excluding carboxylic acids is 3. The lowest BCUT2D eigenvalue weighted by atomic mass is 9.73. The number of aliphatic hydroxyl groups excluding tert-OH is 1. The minimum Gasteiger partial charge on any atom is -0.457 e. The number of aliphatic hydroxyl groups is 2. The third kappa shape index (κ3) is 10.9. The molecule has 4 N–H and O–H groups in total. The number of alkyl halides is 1. The number of oxime groups is 1. The van der Waals surface area contributed by atoms with Gasteiger partial charge in [-0.1, -0.05) is 38.9 Å². The molecule has 0 aromatic carbocycles. The summed E-state index contributed by atoms with van der Waals surface area (Å²) >= 11 is 1.44. The first kappa shape index (κ1) is 49.3. The highest BCUT2D eigenvalue weighted by atomic mass is 32.1. The van der Waals surface area contributed by atoms with Gasteiger partial charge in [-0.05, 0) is 91.2 Å². The van der Waals surface area contributed by atoms with E-state index in [1.807, 2.05) is 57.1 Å². The fourth-order valence-corrected chi connectivity index (χ4v) is 9.86. The number of esters is 1. The Morgan fingerprint density at radius 3 is 2.45 bits per heavy atom. The number of nitrogens with zero attached hydrogens (tertiary/aromatic N) is 4. The summed E-state index contributed by atoms with van der Waals surface area (Å²) in [4.78, 5) is 59.5. The van der Waals surface area contributed by atoms with Gasteiger partial charge in [-0.15, -0.1) is 11.3 Å². The second-order valence-corrected chi connectivity index (χ2v) is 18.9. The van der Waals surface area contributed by atoms with Crippen molar-refractivity contribution in [2.45, 2.75) is 148 Å². The van der Waals surface area contributed by atoms with E-state index in [1.165, 1.54) is 32.1 Å². The first-order chi connectivity index (χ1) is 29.0. The van der Waals surface area contributed by atoms with Gasteiger partial charge >= 0.3 is 5.97 Å². The molecule has 2 bridgehead atoms. The van der Waals surface area contributed by atoms with Crippen molar-refractivity contribution in [3.05, 3.63) is 35.2 Å². The molecule has 3 aliphatic rings. The number of nitrogen functional groups attached to an aromatic ring is 1. The lowest BCUT2D eigenvalue weighted by molar-refractivity contribution is -0.296. The van der Waals surface area contributed by atoms with Gasteiger partial charge in [0.1, 0.15) is 29.3 Å². The second-order valence-electron chi connectivity index (χ2n) is 17.7. The normalized spacial score (nSPS) is 38.0. The zero-order valence-electron chi connectivity index (χ0n) is 37.6. The number of likely N-dealkylation sites (N-methyl/N-ethyl adjacent to an activating group) is 1. The number of hydrogen-bond acceptors (Lipinski definition) is 16. The summed E-state index contributed by atoms with van der Waals surface area (Å²) in [5.41, 5.74) is 0.324. The Kier molecular flexibility index (Phi) is 15.9. The van der Waals surface area contributed by atoms with Crippen LogP contribution in [0.25, 0.3) is 10.6 Å². The molecule has 0 radical (unpaired) electrons. The SMILES string of the molecule is CC[C@H]1OC(=O)[C@@](C)(F)C(=O)[C@H](C)[C@@H](O[C@@H]2O[C@H](C)C[C@H](N(C)C)[C@H]2O)[C@@]2(C)C[C@@H](C)C(=NC(C)=O)[C@H](C)[C@H](OC/C(=N\OCc3ccc(-c4cccc(N)n4)s3)CO2)[C@]1(C)O. The minimum atomic E-state index is -3.22. The average molecular weight is 890 g/mol. The van der Waals surface area contributed by atoms with Crippen molar-refractivity contribution in [3.63, 3.8) is 0 Å². The molecule has 18 heteroatoms. The van der Waals surface area contributed by atoms with Crippen molar-refractivity contribution >= 4 is 46.2 Å². The van der Waals surface area contributed by atoms with Crippen LogP contribution < -0.4 is 5.73 Å². The molecule has 3 fully saturated rings. The number of ketones is 1. The van der Waals surface area contributed by atoms with Gasteiger partial charge in [0.2, 0.25) is 5.91 Å². The Labute approximate surface area is 367 Å².